The molecule has 0 spiro atoms. The fourth-order valence-electron chi connectivity index (χ4n) is 2.29. The lowest BCUT2D eigenvalue weighted by Gasteiger charge is -2.37. The summed E-state index contributed by atoms with van der Waals surface area (Å²) in [7, 11) is 4.17. The number of carbonyl (C=O) groups is 1. The van der Waals surface area contributed by atoms with E-state index in [0.717, 1.165) is 19.6 Å². The molecule has 1 heterocycles. The molecule has 110 valence electrons. The third kappa shape index (κ3) is 3.71. The van der Waals surface area contributed by atoms with E-state index in [0.29, 0.717) is 22.6 Å². The molecule has 0 aromatic heterocycles. The highest BCUT2D eigenvalue weighted by Crippen LogP contribution is 2.24. The van der Waals surface area contributed by atoms with Gasteiger partial charge in [-0.05, 0) is 48.2 Å². The average Bonchev–Trinajstić information content (AvgIpc) is 2.42. The van der Waals surface area contributed by atoms with Crippen LogP contribution in [0, 0.1) is 0 Å². The van der Waals surface area contributed by atoms with Crippen molar-refractivity contribution in [3.63, 3.8) is 0 Å². The molecule has 0 aliphatic carbocycles. The molecule has 1 saturated heterocycles. The Labute approximate surface area is 127 Å². The van der Waals surface area contributed by atoms with Crippen molar-refractivity contribution in [1.82, 2.24) is 15.1 Å². The molecule has 1 unspecified atom stereocenters. The third-order valence-electron chi connectivity index (χ3n) is 3.69. The summed E-state index contributed by atoms with van der Waals surface area (Å²) in [6.45, 7) is 3.62. The topological polar surface area (TPSA) is 55.8 Å². The minimum atomic E-state index is -0.158. The molecule has 2 rings (SSSR count). The highest BCUT2D eigenvalue weighted by atomic mass is 79.9. The molecule has 0 saturated carbocycles. The molecule has 1 aromatic carbocycles. The molecule has 1 fully saturated rings. The van der Waals surface area contributed by atoms with Crippen LogP contribution in [0.25, 0.3) is 0 Å². The number of benzene rings is 1. The first-order chi connectivity index (χ1) is 9.47. The summed E-state index contributed by atoms with van der Waals surface area (Å²) >= 11 is 3.20. The van der Waals surface area contributed by atoms with Crippen LogP contribution in [-0.2, 0) is 0 Å². The molecule has 1 amide bonds. The van der Waals surface area contributed by atoms with Gasteiger partial charge in [0.25, 0.3) is 5.91 Å². The lowest BCUT2D eigenvalue weighted by Crippen LogP contribution is -2.54. The summed E-state index contributed by atoms with van der Waals surface area (Å²) in [5, 5.41) is 12.5. The maximum Gasteiger partial charge on any atom is 0.251 e. The number of hydrogen-bond acceptors (Lipinski definition) is 4. The van der Waals surface area contributed by atoms with Gasteiger partial charge >= 0.3 is 0 Å². The molecule has 20 heavy (non-hydrogen) atoms. The summed E-state index contributed by atoms with van der Waals surface area (Å²) in [6.07, 6.45) is 0. The van der Waals surface area contributed by atoms with E-state index >= 15 is 0 Å². The molecule has 2 N–H and O–H groups in total. The van der Waals surface area contributed by atoms with Crippen molar-refractivity contribution < 1.29 is 9.90 Å². The van der Waals surface area contributed by atoms with E-state index in [1.807, 2.05) is 0 Å². The molecule has 0 radical (unpaired) electrons. The molecular formula is C14H20BrN3O2. The number of likely N-dealkylation sites (N-methyl/N-ethyl adjacent to an activating group) is 2. The second-order valence-corrected chi connectivity index (χ2v) is 6.13. The van der Waals surface area contributed by atoms with E-state index in [4.69, 9.17) is 0 Å². The van der Waals surface area contributed by atoms with E-state index in [1.54, 1.807) is 12.1 Å². The molecule has 1 aromatic rings. The van der Waals surface area contributed by atoms with Gasteiger partial charge in [-0.1, -0.05) is 0 Å². The number of aromatic hydroxyl groups is 1. The van der Waals surface area contributed by atoms with Crippen molar-refractivity contribution in [2.24, 2.45) is 0 Å². The van der Waals surface area contributed by atoms with E-state index in [1.165, 1.54) is 6.07 Å². The maximum atomic E-state index is 12.1. The van der Waals surface area contributed by atoms with Crippen LogP contribution < -0.4 is 5.32 Å². The Bertz CT molecular complexity index is 495. The van der Waals surface area contributed by atoms with Crippen LogP contribution in [-0.4, -0.2) is 67.1 Å². The second kappa shape index (κ2) is 6.56. The highest BCUT2D eigenvalue weighted by molar-refractivity contribution is 9.10. The number of hydrogen-bond donors (Lipinski definition) is 2. The number of nitrogens with zero attached hydrogens (tertiary/aromatic N) is 2. The van der Waals surface area contributed by atoms with Crippen molar-refractivity contribution in [2.75, 3.05) is 40.3 Å². The number of nitrogens with one attached hydrogen (secondary N) is 1. The normalized spacial score (nSPS) is 20.9. The predicted octanol–water partition coefficient (Wildman–Crippen LogP) is 1.13. The zero-order valence-corrected chi connectivity index (χ0v) is 13.4. The SMILES string of the molecule is CN1CCN(C)C(CNC(=O)c2ccc(Br)c(O)c2)C1. The van der Waals surface area contributed by atoms with Crippen molar-refractivity contribution in [3.05, 3.63) is 28.2 Å². The van der Waals surface area contributed by atoms with E-state index in [9.17, 15) is 9.90 Å². The average molecular weight is 342 g/mol. The number of amides is 1. The molecular weight excluding hydrogens is 322 g/mol. The fraction of sp³-hybridized carbons (Fsp3) is 0.500. The van der Waals surface area contributed by atoms with Gasteiger partial charge in [-0.2, -0.15) is 0 Å². The van der Waals surface area contributed by atoms with Crippen LogP contribution in [0.15, 0.2) is 22.7 Å². The summed E-state index contributed by atoms with van der Waals surface area (Å²) in [5.74, 6) is -0.0819. The summed E-state index contributed by atoms with van der Waals surface area (Å²) in [4.78, 5) is 16.6. The van der Waals surface area contributed by atoms with Gasteiger partial charge < -0.3 is 15.3 Å². The fourth-order valence-corrected chi connectivity index (χ4v) is 2.53. The Balaban J connectivity index is 1.92. The zero-order chi connectivity index (χ0) is 14.7. The predicted molar refractivity (Wildman–Crippen MR) is 82.1 cm³/mol. The van der Waals surface area contributed by atoms with Gasteiger partial charge in [-0.15, -0.1) is 0 Å². The summed E-state index contributed by atoms with van der Waals surface area (Å²) in [5.41, 5.74) is 0.470. The van der Waals surface area contributed by atoms with Gasteiger partial charge in [0.15, 0.2) is 0 Å². The van der Waals surface area contributed by atoms with Gasteiger partial charge in [0.05, 0.1) is 4.47 Å². The van der Waals surface area contributed by atoms with Crippen molar-refractivity contribution in [1.29, 1.82) is 0 Å². The van der Waals surface area contributed by atoms with Crippen LogP contribution in [0.3, 0.4) is 0 Å². The highest BCUT2D eigenvalue weighted by Gasteiger charge is 2.22. The van der Waals surface area contributed by atoms with Gasteiger partial charge in [0, 0.05) is 37.8 Å². The largest absolute Gasteiger partial charge is 0.507 e. The number of phenols is 1. The Morgan fingerprint density at radius 3 is 2.90 bits per heavy atom. The van der Waals surface area contributed by atoms with E-state index in [-0.39, 0.29) is 11.7 Å². The van der Waals surface area contributed by atoms with Gasteiger partial charge in [0.2, 0.25) is 0 Å². The lowest BCUT2D eigenvalue weighted by molar-refractivity contribution is 0.0881. The van der Waals surface area contributed by atoms with Crippen molar-refractivity contribution in [3.8, 4) is 5.75 Å². The molecule has 6 heteroatoms. The van der Waals surface area contributed by atoms with Crippen molar-refractivity contribution >= 4 is 21.8 Å². The number of piperazine rings is 1. The second-order valence-electron chi connectivity index (χ2n) is 5.27. The zero-order valence-electron chi connectivity index (χ0n) is 11.8. The third-order valence-corrected chi connectivity index (χ3v) is 4.36. The number of halogens is 1. The molecule has 1 aliphatic rings. The molecule has 1 aliphatic heterocycles. The number of rotatable bonds is 3. The standard InChI is InChI=1S/C14H20BrN3O2/c1-17-5-6-18(2)11(9-17)8-16-14(20)10-3-4-12(15)13(19)7-10/h3-4,7,11,19H,5-6,8-9H2,1-2H3,(H,16,20). The first kappa shape index (κ1) is 15.3. The lowest BCUT2D eigenvalue weighted by atomic mass is 10.1. The van der Waals surface area contributed by atoms with Crippen LogP contribution in [0.1, 0.15) is 10.4 Å². The quantitative estimate of drug-likeness (QED) is 0.865. The Hall–Kier alpha value is -1.11. The maximum absolute atomic E-state index is 12.1. The first-order valence-electron chi connectivity index (χ1n) is 6.63. The van der Waals surface area contributed by atoms with Gasteiger partial charge in [-0.3, -0.25) is 9.69 Å². The van der Waals surface area contributed by atoms with Gasteiger partial charge in [0.1, 0.15) is 5.75 Å². The summed E-state index contributed by atoms with van der Waals surface area (Å²) < 4.78 is 0.586. The van der Waals surface area contributed by atoms with Crippen LogP contribution in [0.2, 0.25) is 0 Å². The molecule has 1 atom stereocenters. The Morgan fingerprint density at radius 1 is 1.45 bits per heavy atom. The number of carbonyl (C=O) groups excluding carboxylic acids is 1. The van der Waals surface area contributed by atoms with Gasteiger partial charge in [-0.25, -0.2) is 0 Å². The minimum Gasteiger partial charge on any atom is -0.507 e. The Morgan fingerprint density at radius 2 is 2.20 bits per heavy atom. The monoisotopic (exact) mass is 341 g/mol. The van der Waals surface area contributed by atoms with E-state index < -0.39 is 0 Å². The van der Waals surface area contributed by atoms with Crippen LogP contribution >= 0.6 is 15.9 Å². The van der Waals surface area contributed by atoms with Crippen molar-refractivity contribution in [2.45, 2.75) is 6.04 Å². The van der Waals surface area contributed by atoms with E-state index in [2.05, 4.69) is 45.1 Å². The smallest absolute Gasteiger partial charge is 0.251 e. The number of phenolic OH excluding ortho intramolecular Hbond substituents is 1. The van der Waals surface area contributed by atoms with Crippen LogP contribution in [0.5, 0.6) is 5.75 Å². The molecule has 0 bridgehead atoms. The van der Waals surface area contributed by atoms with Crippen LogP contribution in [0.4, 0.5) is 0 Å². The minimum absolute atomic E-state index is 0.0761. The summed E-state index contributed by atoms with van der Waals surface area (Å²) in [6, 6.07) is 5.15. The Kier molecular flexibility index (Phi) is 5.01. The first-order valence-corrected chi connectivity index (χ1v) is 7.42. The molecule has 5 nitrogen and oxygen atoms in total.